The van der Waals surface area contributed by atoms with Crippen LogP contribution >= 0.6 is 0 Å². The predicted molar refractivity (Wildman–Crippen MR) is 126 cm³/mol. The summed E-state index contributed by atoms with van der Waals surface area (Å²) < 4.78 is 2.04. The van der Waals surface area contributed by atoms with Gasteiger partial charge >= 0.3 is 0 Å². The van der Waals surface area contributed by atoms with Crippen molar-refractivity contribution < 1.29 is 0 Å². The maximum Gasteiger partial charge on any atom is 0.253 e. The van der Waals surface area contributed by atoms with Gasteiger partial charge in [-0.3, -0.25) is 9.69 Å². The van der Waals surface area contributed by atoms with Gasteiger partial charge in [0.25, 0.3) is 5.56 Å². The van der Waals surface area contributed by atoms with Crippen molar-refractivity contribution in [1.29, 1.82) is 0 Å². The van der Waals surface area contributed by atoms with E-state index in [2.05, 4.69) is 50.5 Å². The van der Waals surface area contributed by atoms with Gasteiger partial charge in [-0.2, -0.15) is 0 Å². The lowest BCUT2D eigenvalue weighted by Crippen LogP contribution is -2.36. The van der Waals surface area contributed by atoms with Crippen molar-refractivity contribution in [3.8, 4) is 0 Å². The van der Waals surface area contributed by atoms with Gasteiger partial charge in [0, 0.05) is 11.1 Å². The Labute approximate surface area is 189 Å². The number of nitrogens with zero attached hydrogens (tertiary/aromatic N) is 5. The van der Waals surface area contributed by atoms with Crippen LogP contribution in [-0.2, 0) is 6.42 Å². The van der Waals surface area contributed by atoms with E-state index in [-0.39, 0.29) is 11.6 Å². The molecule has 7 heteroatoms. The molecule has 32 heavy (non-hydrogen) atoms. The molecular formula is C25H34N6O. The quantitative estimate of drug-likeness (QED) is 0.637. The van der Waals surface area contributed by atoms with Crippen LogP contribution in [0.3, 0.4) is 0 Å². The third kappa shape index (κ3) is 4.22. The summed E-state index contributed by atoms with van der Waals surface area (Å²) in [5.74, 6) is 0.829. The van der Waals surface area contributed by atoms with E-state index < -0.39 is 0 Å². The van der Waals surface area contributed by atoms with Crippen LogP contribution in [0.25, 0.3) is 10.9 Å². The second-order valence-electron chi connectivity index (χ2n) is 9.46. The van der Waals surface area contributed by atoms with Gasteiger partial charge in [0.05, 0.1) is 6.04 Å². The minimum atomic E-state index is -0.219. The molecule has 2 aromatic heterocycles. The zero-order valence-corrected chi connectivity index (χ0v) is 19.1. The Morgan fingerprint density at radius 1 is 1.03 bits per heavy atom. The highest BCUT2D eigenvalue weighted by Gasteiger charge is 2.33. The van der Waals surface area contributed by atoms with Gasteiger partial charge in [-0.1, -0.05) is 45.1 Å². The minimum Gasteiger partial charge on any atom is -0.322 e. The van der Waals surface area contributed by atoms with E-state index in [9.17, 15) is 4.79 Å². The highest BCUT2D eigenvalue weighted by molar-refractivity contribution is 5.80. The number of aryl methyl sites for hydroxylation is 1. The number of fused-ring (bicyclic) bond motifs is 1. The number of tetrazole rings is 1. The Morgan fingerprint density at radius 2 is 1.78 bits per heavy atom. The van der Waals surface area contributed by atoms with Crippen LogP contribution in [0.5, 0.6) is 0 Å². The monoisotopic (exact) mass is 434 g/mol. The number of likely N-dealkylation sites (tertiary alicyclic amines) is 1. The Morgan fingerprint density at radius 3 is 2.53 bits per heavy atom. The topological polar surface area (TPSA) is 79.7 Å². The number of nitrogens with one attached hydrogen (secondary N) is 1. The summed E-state index contributed by atoms with van der Waals surface area (Å²) in [6, 6.07) is 8.50. The van der Waals surface area contributed by atoms with Gasteiger partial charge in [-0.05, 0) is 84.8 Å². The number of aromatic amines is 1. The van der Waals surface area contributed by atoms with Crippen molar-refractivity contribution in [2.75, 3.05) is 13.1 Å². The summed E-state index contributed by atoms with van der Waals surface area (Å²) in [5.41, 5.74) is 2.89. The van der Waals surface area contributed by atoms with Crippen LogP contribution in [0.1, 0.15) is 93.7 Å². The van der Waals surface area contributed by atoms with Crippen molar-refractivity contribution in [2.24, 2.45) is 0 Å². The molecule has 1 N–H and O–H groups in total. The van der Waals surface area contributed by atoms with Gasteiger partial charge in [0.1, 0.15) is 6.04 Å². The van der Waals surface area contributed by atoms with Crippen LogP contribution in [0.2, 0.25) is 0 Å². The summed E-state index contributed by atoms with van der Waals surface area (Å²) in [5, 5.41) is 14.2. The zero-order valence-electron chi connectivity index (χ0n) is 19.1. The molecular weight excluding hydrogens is 400 g/mol. The first-order valence-electron chi connectivity index (χ1n) is 12.4. The third-order valence-electron chi connectivity index (χ3n) is 7.33. The van der Waals surface area contributed by atoms with Gasteiger partial charge < -0.3 is 4.98 Å². The van der Waals surface area contributed by atoms with Crippen molar-refractivity contribution in [3.05, 3.63) is 51.6 Å². The first kappa shape index (κ1) is 21.3. The number of aromatic nitrogens is 5. The Kier molecular flexibility index (Phi) is 6.35. The Bertz CT molecular complexity index is 1110. The van der Waals surface area contributed by atoms with Gasteiger partial charge in [-0.25, -0.2) is 4.68 Å². The molecule has 0 bridgehead atoms. The summed E-state index contributed by atoms with van der Waals surface area (Å²) in [6.45, 7) is 4.09. The maximum absolute atomic E-state index is 13.4. The zero-order chi connectivity index (χ0) is 21.9. The molecule has 7 nitrogen and oxygen atoms in total. The lowest BCUT2D eigenvalue weighted by atomic mass is 9.95. The second-order valence-corrected chi connectivity index (χ2v) is 9.46. The summed E-state index contributed by atoms with van der Waals surface area (Å²) >= 11 is 0. The fraction of sp³-hybridized carbons (Fsp3) is 0.600. The molecule has 1 atom stereocenters. The lowest BCUT2D eigenvalue weighted by molar-refractivity contribution is 0.210. The number of H-pyrrole nitrogens is 1. The van der Waals surface area contributed by atoms with Crippen LogP contribution in [0.15, 0.2) is 29.1 Å². The molecule has 0 radical (unpaired) electrons. The number of rotatable bonds is 5. The van der Waals surface area contributed by atoms with E-state index in [1.807, 2.05) is 10.7 Å². The lowest BCUT2D eigenvalue weighted by Gasteiger charge is -2.31. The highest BCUT2D eigenvalue weighted by atomic mass is 16.1. The largest absolute Gasteiger partial charge is 0.322 e. The second kappa shape index (κ2) is 9.53. The smallest absolute Gasteiger partial charge is 0.253 e. The molecule has 2 aliphatic rings. The number of pyridine rings is 1. The fourth-order valence-electron chi connectivity index (χ4n) is 5.51. The minimum absolute atomic E-state index is 0.0332. The summed E-state index contributed by atoms with van der Waals surface area (Å²) in [7, 11) is 0. The van der Waals surface area contributed by atoms with Gasteiger partial charge in [0.15, 0.2) is 5.82 Å². The van der Waals surface area contributed by atoms with E-state index in [1.165, 1.54) is 37.7 Å². The molecule has 1 aromatic carbocycles. The molecule has 5 rings (SSSR count). The van der Waals surface area contributed by atoms with E-state index in [4.69, 9.17) is 0 Å². The van der Waals surface area contributed by atoms with Gasteiger partial charge in [0.2, 0.25) is 0 Å². The van der Waals surface area contributed by atoms with Crippen LogP contribution < -0.4 is 5.56 Å². The first-order valence-corrected chi connectivity index (χ1v) is 12.4. The standard InChI is InChI=1S/C25H34N6O/c1-2-18-12-13-22-19(16-18)17-21(25(32)26-22)23(30-14-8-3-4-9-15-30)24-27-28-29-31(24)20-10-6-5-7-11-20/h12-13,16-17,20,23H,2-11,14-15H2,1H3,(H,26,32). The Hall–Kier alpha value is -2.54. The van der Waals surface area contributed by atoms with Crippen molar-refractivity contribution in [2.45, 2.75) is 83.2 Å². The molecule has 1 aliphatic heterocycles. The van der Waals surface area contributed by atoms with Crippen LogP contribution in [-0.4, -0.2) is 43.2 Å². The van der Waals surface area contributed by atoms with Crippen molar-refractivity contribution >= 4 is 10.9 Å². The van der Waals surface area contributed by atoms with Crippen molar-refractivity contribution in [1.82, 2.24) is 30.1 Å². The Balaban J connectivity index is 1.63. The molecule has 3 aromatic rings. The number of hydrogen-bond donors (Lipinski definition) is 1. The van der Waals surface area contributed by atoms with E-state index in [0.29, 0.717) is 6.04 Å². The molecule has 2 fully saturated rings. The molecule has 170 valence electrons. The molecule has 3 heterocycles. The van der Waals surface area contributed by atoms with Gasteiger partial charge in [-0.15, -0.1) is 5.10 Å². The van der Waals surface area contributed by atoms with E-state index in [0.717, 1.165) is 67.5 Å². The van der Waals surface area contributed by atoms with E-state index >= 15 is 0 Å². The van der Waals surface area contributed by atoms with Crippen LogP contribution in [0.4, 0.5) is 0 Å². The molecule has 0 spiro atoms. The third-order valence-corrected chi connectivity index (χ3v) is 7.33. The average molecular weight is 435 g/mol. The number of hydrogen-bond acceptors (Lipinski definition) is 5. The SMILES string of the molecule is CCc1ccc2[nH]c(=O)c(C(c3nnnn3C3CCCCC3)N3CCCCCC3)cc2c1. The number of benzene rings is 1. The normalized spacial score (nSPS) is 19.8. The predicted octanol–water partition coefficient (Wildman–Crippen LogP) is 4.55. The fourth-order valence-corrected chi connectivity index (χ4v) is 5.51. The highest BCUT2D eigenvalue weighted by Crippen LogP contribution is 2.34. The average Bonchev–Trinajstić information content (AvgIpc) is 3.15. The summed E-state index contributed by atoms with van der Waals surface area (Å²) in [4.78, 5) is 19.0. The molecule has 1 unspecified atom stereocenters. The summed E-state index contributed by atoms with van der Waals surface area (Å²) in [6.07, 6.45) is 11.7. The molecule has 1 saturated heterocycles. The van der Waals surface area contributed by atoms with Crippen LogP contribution in [0, 0.1) is 0 Å². The molecule has 0 amide bonds. The molecule has 1 aliphatic carbocycles. The molecule has 1 saturated carbocycles. The first-order chi connectivity index (χ1) is 15.7. The van der Waals surface area contributed by atoms with E-state index in [1.54, 1.807) is 0 Å². The maximum atomic E-state index is 13.4. The van der Waals surface area contributed by atoms with Crippen molar-refractivity contribution in [3.63, 3.8) is 0 Å².